The van der Waals surface area contributed by atoms with Crippen LogP contribution in [0.4, 0.5) is 22.7 Å². The zero-order valence-electron chi connectivity index (χ0n) is 13.0. The van der Waals surface area contributed by atoms with Gasteiger partial charge in [0, 0.05) is 30.7 Å². The van der Waals surface area contributed by atoms with E-state index in [1.165, 1.54) is 18.2 Å². The fourth-order valence-electron chi connectivity index (χ4n) is 2.62. The number of nitrogens with zero attached hydrogens (tertiary/aromatic N) is 2. The van der Waals surface area contributed by atoms with Crippen molar-refractivity contribution in [1.82, 2.24) is 0 Å². The summed E-state index contributed by atoms with van der Waals surface area (Å²) in [7, 11) is -1.89. The van der Waals surface area contributed by atoms with E-state index in [-0.39, 0.29) is 34.0 Å². The molecule has 0 spiro atoms. The Hall–Kier alpha value is -3.34. The number of hydrogen-bond acceptors (Lipinski definition) is 7. The highest BCUT2D eigenvalue weighted by molar-refractivity contribution is 7.85. The summed E-state index contributed by atoms with van der Waals surface area (Å²) < 4.78 is 12.9. The maximum Gasteiger partial charge on any atom is 0.303 e. The van der Waals surface area contributed by atoms with Crippen LogP contribution in [0.1, 0.15) is 12.0 Å². The third kappa shape index (κ3) is 3.11. The number of carboxylic acid groups (broad SMARTS) is 1. The number of non-ortho nitro benzene ring substituents is 2. The molecule has 0 saturated heterocycles. The Morgan fingerprint density at radius 1 is 1.08 bits per heavy atom. The van der Waals surface area contributed by atoms with E-state index in [9.17, 15) is 29.2 Å². The van der Waals surface area contributed by atoms with Gasteiger partial charge in [-0.05, 0) is 18.1 Å². The summed E-state index contributed by atoms with van der Waals surface area (Å²) in [6.45, 7) is 0. The topological polar surface area (TPSA) is 153 Å². The summed E-state index contributed by atoms with van der Waals surface area (Å²) in [5.41, 5.74) is 0.462. The van der Waals surface area contributed by atoms with Crippen LogP contribution in [-0.4, -0.2) is 25.1 Å². The van der Waals surface area contributed by atoms with Gasteiger partial charge in [-0.3, -0.25) is 25.0 Å². The first-order valence-electron chi connectivity index (χ1n) is 7.28. The monoisotopic (exact) mass is 377 g/mol. The van der Waals surface area contributed by atoms with Gasteiger partial charge in [-0.2, -0.15) is 0 Å². The normalized spacial score (nSPS) is 14.7. The number of aliphatic carboxylic acids is 1. The molecule has 0 bridgehead atoms. The lowest BCUT2D eigenvalue weighted by Gasteiger charge is -2.23. The summed E-state index contributed by atoms with van der Waals surface area (Å²) in [4.78, 5) is 31.9. The van der Waals surface area contributed by atoms with Gasteiger partial charge in [0.25, 0.3) is 11.4 Å². The van der Waals surface area contributed by atoms with Crippen LogP contribution in [0.3, 0.4) is 0 Å². The Kier molecular flexibility index (Phi) is 4.38. The van der Waals surface area contributed by atoms with Crippen molar-refractivity contribution in [2.24, 2.45) is 0 Å². The SMILES string of the molecule is O=C(O)CCc1cc([N+](=O)[O-])cc2c1Nc1ccc([N+](=O)[O-])cc1S2=O. The summed E-state index contributed by atoms with van der Waals surface area (Å²) >= 11 is 0. The van der Waals surface area contributed by atoms with Crippen molar-refractivity contribution in [2.45, 2.75) is 22.6 Å². The molecule has 134 valence electrons. The standard InChI is InChI=1S/C15H11N3O7S/c19-14(20)4-1-8-5-10(18(23)24)7-13-15(8)16-11-3-2-9(17(21)22)6-12(11)26(13)25/h2-3,5-7,16H,1,4H2,(H,19,20). The van der Waals surface area contributed by atoms with E-state index in [1.807, 2.05) is 0 Å². The highest BCUT2D eigenvalue weighted by atomic mass is 32.2. The van der Waals surface area contributed by atoms with Crippen molar-refractivity contribution >= 4 is 39.5 Å². The highest BCUT2D eigenvalue weighted by Crippen LogP contribution is 2.42. The number of benzene rings is 2. The molecule has 11 heteroatoms. The van der Waals surface area contributed by atoms with Crippen molar-refractivity contribution in [2.75, 3.05) is 5.32 Å². The summed E-state index contributed by atoms with van der Waals surface area (Å²) in [5.74, 6) is -1.07. The van der Waals surface area contributed by atoms with Gasteiger partial charge in [0.05, 0.1) is 41.8 Å². The molecule has 0 aliphatic carbocycles. The number of fused-ring (bicyclic) bond motifs is 2. The number of nitrogens with one attached hydrogen (secondary N) is 1. The van der Waals surface area contributed by atoms with Crippen LogP contribution in [0.2, 0.25) is 0 Å². The number of rotatable bonds is 5. The van der Waals surface area contributed by atoms with E-state index in [2.05, 4.69) is 5.32 Å². The molecular weight excluding hydrogens is 366 g/mol. The molecule has 10 nitrogen and oxygen atoms in total. The van der Waals surface area contributed by atoms with Gasteiger partial charge in [0.15, 0.2) is 0 Å². The predicted octanol–water partition coefficient (Wildman–Crippen LogP) is 2.74. The summed E-state index contributed by atoms with van der Waals surface area (Å²) in [6, 6.07) is 6.16. The number of nitro groups is 2. The van der Waals surface area contributed by atoms with E-state index >= 15 is 0 Å². The van der Waals surface area contributed by atoms with Crippen molar-refractivity contribution < 1.29 is 24.0 Å². The van der Waals surface area contributed by atoms with Crippen LogP contribution >= 0.6 is 0 Å². The Morgan fingerprint density at radius 3 is 2.35 bits per heavy atom. The van der Waals surface area contributed by atoms with Crippen LogP contribution in [0.5, 0.6) is 0 Å². The van der Waals surface area contributed by atoms with Gasteiger partial charge >= 0.3 is 5.97 Å². The lowest BCUT2D eigenvalue weighted by Crippen LogP contribution is -2.13. The smallest absolute Gasteiger partial charge is 0.303 e. The highest BCUT2D eigenvalue weighted by Gasteiger charge is 2.29. The largest absolute Gasteiger partial charge is 0.481 e. The molecule has 0 saturated carbocycles. The minimum atomic E-state index is -1.89. The first kappa shape index (κ1) is 17.5. The molecule has 1 heterocycles. The molecule has 1 atom stereocenters. The molecule has 2 aromatic carbocycles. The molecule has 1 unspecified atom stereocenters. The van der Waals surface area contributed by atoms with Gasteiger partial charge < -0.3 is 10.4 Å². The van der Waals surface area contributed by atoms with Crippen LogP contribution in [0.25, 0.3) is 0 Å². The van der Waals surface area contributed by atoms with Crippen LogP contribution in [0, 0.1) is 20.2 Å². The maximum absolute atomic E-state index is 12.9. The summed E-state index contributed by atoms with van der Waals surface area (Å²) in [5, 5.41) is 33.9. The van der Waals surface area contributed by atoms with E-state index in [4.69, 9.17) is 5.11 Å². The fraction of sp³-hybridized carbons (Fsp3) is 0.133. The van der Waals surface area contributed by atoms with E-state index < -0.39 is 26.6 Å². The van der Waals surface area contributed by atoms with E-state index in [0.717, 1.165) is 12.1 Å². The Morgan fingerprint density at radius 2 is 1.73 bits per heavy atom. The van der Waals surface area contributed by atoms with Crippen molar-refractivity contribution in [1.29, 1.82) is 0 Å². The zero-order valence-corrected chi connectivity index (χ0v) is 13.8. The second-order valence-electron chi connectivity index (χ2n) is 5.46. The number of nitro benzene ring substituents is 2. The zero-order chi connectivity index (χ0) is 19.0. The molecule has 0 aromatic heterocycles. The third-order valence-electron chi connectivity index (χ3n) is 3.82. The summed E-state index contributed by atoms with van der Waals surface area (Å²) in [6.07, 6.45) is -0.249. The first-order valence-corrected chi connectivity index (χ1v) is 8.43. The Bertz CT molecular complexity index is 989. The van der Waals surface area contributed by atoms with Gasteiger partial charge in [0.2, 0.25) is 0 Å². The Balaban J connectivity index is 2.14. The van der Waals surface area contributed by atoms with Gasteiger partial charge in [0.1, 0.15) is 0 Å². The molecule has 3 rings (SSSR count). The second-order valence-corrected chi connectivity index (χ2v) is 6.88. The number of aryl methyl sites for hydroxylation is 1. The number of anilines is 2. The quantitative estimate of drug-likeness (QED) is 0.508. The minimum Gasteiger partial charge on any atom is -0.481 e. The lowest BCUT2D eigenvalue weighted by molar-refractivity contribution is -0.385. The van der Waals surface area contributed by atoms with Gasteiger partial charge in [-0.25, -0.2) is 4.21 Å². The lowest BCUT2D eigenvalue weighted by atomic mass is 10.1. The fourth-order valence-corrected chi connectivity index (χ4v) is 4.00. The predicted molar refractivity (Wildman–Crippen MR) is 90.1 cm³/mol. The van der Waals surface area contributed by atoms with Crippen molar-refractivity contribution in [3.8, 4) is 0 Å². The van der Waals surface area contributed by atoms with Crippen LogP contribution in [-0.2, 0) is 22.0 Å². The maximum atomic E-state index is 12.9. The molecule has 1 aliphatic rings. The molecular formula is C15H11N3O7S. The van der Waals surface area contributed by atoms with Gasteiger partial charge in [-0.1, -0.05) is 0 Å². The van der Waals surface area contributed by atoms with Crippen molar-refractivity contribution in [3.05, 3.63) is 56.1 Å². The van der Waals surface area contributed by atoms with Crippen LogP contribution < -0.4 is 5.32 Å². The molecule has 2 N–H and O–H groups in total. The molecule has 0 fully saturated rings. The van der Waals surface area contributed by atoms with Crippen LogP contribution in [0.15, 0.2) is 40.1 Å². The third-order valence-corrected chi connectivity index (χ3v) is 5.28. The minimum absolute atomic E-state index is 0.00581. The number of carbonyl (C=O) groups is 1. The number of carboxylic acids is 1. The first-order chi connectivity index (χ1) is 12.3. The molecule has 26 heavy (non-hydrogen) atoms. The average Bonchev–Trinajstić information content (AvgIpc) is 2.59. The average molecular weight is 377 g/mol. The molecule has 0 radical (unpaired) electrons. The Labute approximate surface area is 148 Å². The van der Waals surface area contributed by atoms with Gasteiger partial charge in [-0.15, -0.1) is 0 Å². The van der Waals surface area contributed by atoms with E-state index in [1.54, 1.807) is 0 Å². The number of hydrogen-bond donors (Lipinski definition) is 2. The second kappa shape index (κ2) is 6.52. The molecule has 0 amide bonds. The van der Waals surface area contributed by atoms with E-state index in [0.29, 0.717) is 16.9 Å². The van der Waals surface area contributed by atoms with Crippen molar-refractivity contribution in [3.63, 3.8) is 0 Å². The molecule has 1 aliphatic heterocycles. The molecule has 2 aromatic rings.